The lowest BCUT2D eigenvalue weighted by molar-refractivity contribution is 0.0715. The largest absolute Gasteiger partial charge is 0.333 e. The first-order chi connectivity index (χ1) is 7.74. The maximum absolute atomic E-state index is 12.7. The molecule has 1 aliphatic heterocycles. The quantitative estimate of drug-likeness (QED) is 0.766. The summed E-state index contributed by atoms with van der Waals surface area (Å²) in [4.78, 5) is 17.7. The van der Waals surface area contributed by atoms with Crippen molar-refractivity contribution in [2.45, 2.75) is 25.8 Å². The fraction of sp³-hybridized carbons (Fsp3) is 0.500. The molecule has 3 nitrogen and oxygen atoms in total. The molecule has 1 aliphatic rings. The van der Waals surface area contributed by atoms with Crippen molar-refractivity contribution in [3.05, 3.63) is 29.6 Å². The minimum Gasteiger partial charge on any atom is -0.333 e. The highest BCUT2D eigenvalue weighted by Crippen LogP contribution is 2.21. The van der Waals surface area contributed by atoms with Gasteiger partial charge in [0.15, 0.2) is 0 Å². The van der Waals surface area contributed by atoms with Crippen molar-refractivity contribution in [2.75, 3.05) is 13.2 Å². The van der Waals surface area contributed by atoms with Gasteiger partial charge in [0, 0.05) is 18.9 Å². The van der Waals surface area contributed by atoms with Gasteiger partial charge in [0.25, 0.3) is 5.91 Å². The Labute approximate surface area is 94.3 Å². The number of nitrogens with zero attached hydrogens (tertiary/aromatic N) is 2. The summed E-state index contributed by atoms with van der Waals surface area (Å²) in [6, 6.07) is 1.56. The van der Waals surface area contributed by atoms with Crippen molar-refractivity contribution in [2.24, 2.45) is 0 Å². The molecule has 2 rings (SSSR count). The van der Waals surface area contributed by atoms with E-state index >= 15 is 0 Å². The third-order valence-electron chi connectivity index (χ3n) is 3.09. The van der Waals surface area contributed by atoms with Crippen LogP contribution in [-0.2, 0) is 0 Å². The molecule has 2 heterocycles. The van der Waals surface area contributed by atoms with Crippen LogP contribution in [0.1, 0.15) is 28.8 Å². The molecule has 0 aromatic carbocycles. The first kappa shape index (κ1) is 11.0. The number of hydrogen-bond donors (Lipinski definition) is 0. The van der Waals surface area contributed by atoms with E-state index in [1.807, 2.05) is 6.92 Å². The SMILES string of the molecule is Cc1ccncc1C(=O)N1CCCC1CF. The predicted molar refractivity (Wildman–Crippen MR) is 59.0 cm³/mol. The molecule has 1 unspecified atom stereocenters. The Morgan fingerprint density at radius 3 is 3.19 bits per heavy atom. The van der Waals surface area contributed by atoms with Gasteiger partial charge in [-0.1, -0.05) is 0 Å². The number of aromatic nitrogens is 1. The second-order valence-electron chi connectivity index (χ2n) is 4.14. The van der Waals surface area contributed by atoms with Gasteiger partial charge in [0.2, 0.25) is 0 Å². The standard InChI is InChI=1S/C12H15FN2O/c1-9-4-5-14-8-11(9)12(16)15-6-2-3-10(15)7-13/h4-5,8,10H,2-3,6-7H2,1H3. The molecule has 86 valence electrons. The molecule has 0 bridgehead atoms. The Hall–Kier alpha value is -1.45. The molecule has 1 aromatic heterocycles. The Kier molecular flexibility index (Phi) is 3.17. The lowest BCUT2D eigenvalue weighted by Gasteiger charge is -2.22. The Morgan fingerprint density at radius 1 is 1.69 bits per heavy atom. The molecule has 1 amide bonds. The third kappa shape index (κ3) is 1.92. The van der Waals surface area contributed by atoms with E-state index in [0.29, 0.717) is 12.1 Å². The molecular formula is C12H15FN2O. The molecular weight excluding hydrogens is 207 g/mol. The molecule has 1 fully saturated rings. The minimum absolute atomic E-state index is 0.0919. The smallest absolute Gasteiger partial charge is 0.256 e. The number of alkyl halides is 1. The summed E-state index contributed by atoms with van der Waals surface area (Å²) < 4.78 is 12.7. The van der Waals surface area contributed by atoms with Gasteiger partial charge in [0.1, 0.15) is 6.67 Å². The van der Waals surface area contributed by atoms with Crippen LogP contribution in [0.5, 0.6) is 0 Å². The number of amides is 1. The van der Waals surface area contributed by atoms with E-state index in [0.717, 1.165) is 18.4 Å². The predicted octanol–water partition coefficient (Wildman–Crippen LogP) is 1.96. The number of carbonyl (C=O) groups is 1. The lowest BCUT2D eigenvalue weighted by Crippen LogP contribution is -2.37. The topological polar surface area (TPSA) is 33.2 Å². The van der Waals surface area contributed by atoms with Crippen molar-refractivity contribution in [1.29, 1.82) is 0 Å². The summed E-state index contributed by atoms with van der Waals surface area (Å²) in [6.45, 7) is 2.07. The highest BCUT2D eigenvalue weighted by Gasteiger charge is 2.29. The van der Waals surface area contributed by atoms with E-state index in [1.54, 1.807) is 23.4 Å². The van der Waals surface area contributed by atoms with Crippen LogP contribution >= 0.6 is 0 Å². The Balaban J connectivity index is 2.22. The van der Waals surface area contributed by atoms with Crippen LogP contribution in [0.25, 0.3) is 0 Å². The molecule has 0 N–H and O–H groups in total. The van der Waals surface area contributed by atoms with Crippen molar-refractivity contribution in [1.82, 2.24) is 9.88 Å². The maximum atomic E-state index is 12.7. The number of aryl methyl sites for hydroxylation is 1. The zero-order valence-corrected chi connectivity index (χ0v) is 9.32. The number of likely N-dealkylation sites (tertiary alicyclic amines) is 1. The molecule has 0 aliphatic carbocycles. The number of halogens is 1. The van der Waals surface area contributed by atoms with Gasteiger partial charge < -0.3 is 4.90 Å². The van der Waals surface area contributed by atoms with Crippen LogP contribution in [0.3, 0.4) is 0 Å². The molecule has 1 atom stereocenters. The number of rotatable bonds is 2. The molecule has 0 spiro atoms. The van der Waals surface area contributed by atoms with Crippen LogP contribution < -0.4 is 0 Å². The van der Waals surface area contributed by atoms with E-state index in [1.165, 1.54) is 0 Å². The Bertz CT molecular complexity index is 394. The van der Waals surface area contributed by atoms with E-state index in [-0.39, 0.29) is 11.9 Å². The molecule has 1 aromatic rings. The number of carbonyl (C=O) groups excluding carboxylic acids is 1. The van der Waals surface area contributed by atoms with Crippen LogP contribution in [0, 0.1) is 6.92 Å². The highest BCUT2D eigenvalue weighted by atomic mass is 19.1. The molecule has 0 radical (unpaired) electrons. The van der Waals surface area contributed by atoms with Gasteiger partial charge in [-0.05, 0) is 31.4 Å². The number of hydrogen-bond acceptors (Lipinski definition) is 2. The highest BCUT2D eigenvalue weighted by molar-refractivity contribution is 5.95. The van der Waals surface area contributed by atoms with E-state index in [4.69, 9.17) is 0 Å². The van der Waals surface area contributed by atoms with Gasteiger partial charge in [-0.25, -0.2) is 4.39 Å². The summed E-state index contributed by atoms with van der Waals surface area (Å²) in [5.74, 6) is -0.0919. The first-order valence-corrected chi connectivity index (χ1v) is 5.51. The van der Waals surface area contributed by atoms with Gasteiger partial charge in [-0.3, -0.25) is 9.78 Å². The fourth-order valence-corrected chi connectivity index (χ4v) is 2.11. The third-order valence-corrected chi connectivity index (χ3v) is 3.09. The summed E-state index contributed by atoms with van der Waals surface area (Å²) in [5, 5.41) is 0. The minimum atomic E-state index is -0.453. The molecule has 4 heteroatoms. The van der Waals surface area contributed by atoms with Crippen molar-refractivity contribution in [3.63, 3.8) is 0 Å². The maximum Gasteiger partial charge on any atom is 0.256 e. The summed E-state index contributed by atoms with van der Waals surface area (Å²) >= 11 is 0. The molecule has 0 saturated carbocycles. The molecule has 16 heavy (non-hydrogen) atoms. The van der Waals surface area contributed by atoms with E-state index in [2.05, 4.69) is 4.98 Å². The van der Waals surface area contributed by atoms with Crippen LogP contribution in [0.2, 0.25) is 0 Å². The summed E-state index contributed by atoms with van der Waals surface area (Å²) in [5.41, 5.74) is 1.48. The second-order valence-corrected chi connectivity index (χ2v) is 4.14. The fourth-order valence-electron chi connectivity index (χ4n) is 2.11. The van der Waals surface area contributed by atoms with Crippen LogP contribution in [0.4, 0.5) is 4.39 Å². The summed E-state index contributed by atoms with van der Waals surface area (Å²) in [7, 11) is 0. The van der Waals surface area contributed by atoms with Gasteiger partial charge in [-0.15, -0.1) is 0 Å². The van der Waals surface area contributed by atoms with Gasteiger partial charge >= 0.3 is 0 Å². The number of pyridine rings is 1. The van der Waals surface area contributed by atoms with Crippen molar-refractivity contribution < 1.29 is 9.18 Å². The summed E-state index contributed by atoms with van der Waals surface area (Å²) in [6.07, 6.45) is 4.87. The Morgan fingerprint density at radius 2 is 2.50 bits per heavy atom. The van der Waals surface area contributed by atoms with Gasteiger partial charge in [0.05, 0.1) is 11.6 Å². The van der Waals surface area contributed by atoms with Gasteiger partial charge in [-0.2, -0.15) is 0 Å². The van der Waals surface area contributed by atoms with Crippen LogP contribution in [-0.4, -0.2) is 35.1 Å². The van der Waals surface area contributed by atoms with Crippen molar-refractivity contribution in [3.8, 4) is 0 Å². The van der Waals surface area contributed by atoms with E-state index in [9.17, 15) is 9.18 Å². The average molecular weight is 222 g/mol. The van der Waals surface area contributed by atoms with Crippen LogP contribution in [0.15, 0.2) is 18.5 Å². The van der Waals surface area contributed by atoms with E-state index < -0.39 is 6.67 Å². The normalized spacial score (nSPS) is 20.1. The molecule has 1 saturated heterocycles. The van der Waals surface area contributed by atoms with Crippen molar-refractivity contribution >= 4 is 5.91 Å². The second kappa shape index (κ2) is 4.60. The zero-order chi connectivity index (χ0) is 11.5. The average Bonchev–Trinajstić information content (AvgIpc) is 2.77. The first-order valence-electron chi connectivity index (χ1n) is 5.51. The zero-order valence-electron chi connectivity index (χ0n) is 9.32. The monoisotopic (exact) mass is 222 g/mol. The lowest BCUT2D eigenvalue weighted by atomic mass is 10.1.